The summed E-state index contributed by atoms with van der Waals surface area (Å²) in [5.74, 6) is 0. The van der Waals surface area contributed by atoms with Gasteiger partial charge in [0.1, 0.15) is 0 Å². The van der Waals surface area contributed by atoms with Gasteiger partial charge in [0.2, 0.25) is 0 Å². The predicted molar refractivity (Wildman–Crippen MR) is 256 cm³/mol. The fourth-order valence-corrected chi connectivity index (χ4v) is 7.27. The molecule has 0 saturated heterocycles. The van der Waals surface area contributed by atoms with Crippen LogP contribution in [0.4, 0.5) is 11.4 Å². The Hall–Kier alpha value is -8.48. The molecule has 6 nitrogen and oxygen atoms in total. The molecule has 0 fully saturated rings. The van der Waals surface area contributed by atoms with Gasteiger partial charge >= 0.3 is 0 Å². The molecule has 62 heavy (non-hydrogen) atoms. The van der Waals surface area contributed by atoms with E-state index < -0.39 is 0 Å². The van der Waals surface area contributed by atoms with Crippen LogP contribution in [-0.4, -0.2) is 9.85 Å². The molecule has 0 atom stereocenters. The van der Waals surface area contributed by atoms with Crippen molar-refractivity contribution in [1.82, 2.24) is 0 Å². The normalized spacial score (nSPS) is 11.9. The Labute approximate surface area is 360 Å². The lowest BCUT2D eigenvalue weighted by Crippen LogP contribution is -1.92. The van der Waals surface area contributed by atoms with E-state index >= 15 is 0 Å². The van der Waals surface area contributed by atoms with Crippen molar-refractivity contribution in [3.8, 4) is 11.1 Å². The molecule has 8 aromatic rings. The number of hydrogen-bond acceptors (Lipinski definition) is 4. The Morgan fingerprint density at radius 3 is 0.968 bits per heavy atom. The van der Waals surface area contributed by atoms with Gasteiger partial charge in [-0.2, -0.15) is 0 Å². The zero-order valence-corrected chi connectivity index (χ0v) is 33.6. The van der Waals surface area contributed by atoms with Crippen LogP contribution in [0.15, 0.2) is 206 Å². The van der Waals surface area contributed by atoms with Crippen LogP contribution in [0, 0.1) is 20.2 Å². The lowest BCUT2D eigenvalue weighted by molar-refractivity contribution is -0.385. The van der Waals surface area contributed by atoms with Crippen molar-refractivity contribution in [2.24, 2.45) is 0 Å². The highest BCUT2D eigenvalue weighted by atomic mass is 16.6. The van der Waals surface area contributed by atoms with E-state index in [-0.39, 0.29) is 21.2 Å². The van der Waals surface area contributed by atoms with Gasteiger partial charge < -0.3 is 0 Å². The fourth-order valence-electron chi connectivity index (χ4n) is 7.27. The average Bonchev–Trinajstić information content (AvgIpc) is 3.32. The van der Waals surface area contributed by atoms with Crippen LogP contribution in [-0.2, 0) is 0 Å². The van der Waals surface area contributed by atoms with Crippen LogP contribution in [0.1, 0.15) is 55.6 Å². The summed E-state index contributed by atoms with van der Waals surface area (Å²) >= 11 is 0. The van der Waals surface area contributed by atoms with Crippen molar-refractivity contribution in [3.05, 3.63) is 282 Å². The lowest BCUT2D eigenvalue weighted by Gasteiger charge is -2.10. The van der Waals surface area contributed by atoms with E-state index in [1.165, 1.54) is 0 Å². The third-order valence-corrected chi connectivity index (χ3v) is 10.6. The second-order valence-electron chi connectivity index (χ2n) is 14.6. The molecule has 8 aromatic carbocycles. The highest BCUT2D eigenvalue weighted by Gasteiger charge is 2.12. The van der Waals surface area contributed by atoms with Gasteiger partial charge in [-0.25, -0.2) is 0 Å². The van der Waals surface area contributed by atoms with Crippen LogP contribution in [0.5, 0.6) is 0 Å². The quantitative estimate of drug-likeness (QED) is 0.0660. The first-order valence-corrected chi connectivity index (χ1v) is 20.2. The number of nitrogens with zero attached hydrogens (tertiary/aromatic N) is 2. The first-order chi connectivity index (χ1) is 30.4. The maximum Gasteiger partial charge on any atom is 0.269 e. The summed E-state index contributed by atoms with van der Waals surface area (Å²) in [6.45, 7) is 0. The summed E-state index contributed by atoms with van der Waals surface area (Å²) in [7, 11) is 0. The van der Waals surface area contributed by atoms with Crippen molar-refractivity contribution >= 4 is 59.0 Å². The van der Waals surface area contributed by atoms with Crippen LogP contribution < -0.4 is 0 Å². The van der Waals surface area contributed by atoms with Gasteiger partial charge in [0, 0.05) is 24.3 Å². The van der Waals surface area contributed by atoms with E-state index in [1.807, 2.05) is 84.9 Å². The Bertz CT molecular complexity index is 2740. The molecule has 0 N–H and O–H groups in total. The monoisotopic (exact) mass is 804 g/mol. The minimum Gasteiger partial charge on any atom is -0.258 e. The highest BCUT2D eigenvalue weighted by Crippen LogP contribution is 2.31. The van der Waals surface area contributed by atoms with Gasteiger partial charge in [-0.15, -0.1) is 0 Å². The molecule has 0 aliphatic carbocycles. The standard InChI is InChI=1S/C56H40N2O4/c59-57(60)53-35-31-49(32-36-53)55(47-13-3-1-4-14-47)39-51-17-9-7-11-43(51)25-19-41-21-27-45(28-22-41)46-29-23-42(24-30-46)20-26-44-12-8-10-18-52(44)40-56(48-15-5-2-6-16-48)50-33-37-54(38-34-50)58(61)62/h1-40H/b25-19?,26-20?,55-39-,56-40-. The van der Waals surface area contributed by atoms with E-state index in [9.17, 15) is 20.2 Å². The molecule has 0 unspecified atom stereocenters. The zero-order chi connectivity index (χ0) is 42.7. The number of nitro groups is 2. The molecular formula is C56H40N2O4. The van der Waals surface area contributed by atoms with E-state index in [0.717, 1.165) is 77.9 Å². The van der Waals surface area contributed by atoms with Crippen molar-refractivity contribution in [2.45, 2.75) is 0 Å². The van der Waals surface area contributed by atoms with Crippen LogP contribution in [0.2, 0.25) is 0 Å². The van der Waals surface area contributed by atoms with E-state index in [1.54, 1.807) is 48.5 Å². The van der Waals surface area contributed by atoms with Gasteiger partial charge in [-0.3, -0.25) is 20.2 Å². The van der Waals surface area contributed by atoms with E-state index in [4.69, 9.17) is 0 Å². The summed E-state index contributed by atoms with van der Waals surface area (Å²) < 4.78 is 0. The predicted octanol–water partition coefficient (Wildman–Crippen LogP) is 14.7. The average molecular weight is 805 g/mol. The number of nitro benzene ring substituents is 2. The number of hydrogen-bond donors (Lipinski definition) is 0. The molecule has 0 aromatic heterocycles. The minimum atomic E-state index is -0.379. The van der Waals surface area contributed by atoms with Crippen molar-refractivity contribution in [3.63, 3.8) is 0 Å². The largest absolute Gasteiger partial charge is 0.269 e. The van der Waals surface area contributed by atoms with Crippen molar-refractivity contribution in [1.29, 1.82) is 0 Å². The number of non-ortho nitro benzene ring substituents is 2. The topological polar surface area (TPSA) is 86.3 Å². The molecule has 0 aliphatic rings. The molecular weight excluding hydrogens is 765 g/mol. The Morgan fingerprint density at radius 1 is 0.323 bits per heavy atom. The second kappa shape index (κ2) is 19.1. The molecule has 0 aliphatic heterocycles. The molecule has 0 heterocycles. The highest BCUT2D eigenvalue weighted by molar-refractivity contribution is 5.95. The molecule has 0 spiro atoms. The zero-order valence-electron chi connectivity index (χ0n) is 33.6. The third kappa shape index (κ3) is 9.85. The summed E-state index contributed by atoms with van der Waals surface area (Å²) in [5.41, 5.74) is 14.5. The van der Waals surface area contributed by atoms with Gasteiger partial charge in [0.25, 0.3) is 11.4 Å². The smallest absolute Gasteiger partial charge is 0.258 e. The Kier molecular flexibility index (Phi) is 12.4. The van der Waals surface area contributed by atoms with Crippen LogP contribution >= 0.6 is 0 Å². The van der Waals surface area contributed by atoms with Gasteiger partial charge in [0.15, 0.2) is 0 Å². The first kappa shape index (κ1) is 40.3. The maximum absolute atomic E-state index is 11.3. The van der Waals surface area contributed by atoms with Crippen LogP contribution in [0.25, 0.3) is 58.7 Å². The first-order valence-electron chi connectivity index (χ1n) is 20.2. The van der Waals surface area contributed by atoms with E-state index in [0.29, 0.717) is 0 Å². The van der Waals surface area contributed by atoms with Gasteiger partial charge in [-0.05, 0) is 114 Å². The Balaban J connectivity index is 0.987. The molecule has 0 amide bonds. The van der Waals surface area contributed by atoms with Crippen LogP contribution in [0.3, 0.4) is 0 Å². The van der Waals surface area contributed by atoms with Gasteiger partial charge in [0.05, 0.1) is 9.85 Å². The Morgan fingerprint density at radius 2 is 0.629 bits per heavy atom. The molecule has 8 rings (SSSR count). The summed E-state index contributed by atoms with van der Waals surface area (Å²) in [5, 5.41) is 22.6. The maximum atomic E-state index is 11.3. The molecule has 6 heteroatoms. The summed E-state index contributed by atoms with van der Waals surface area (Å²) in [6.07, 6.45) is 12.7. The molecule has 0 saturated carbocycles. The molecule has 0 bridgehead atoms. The number of benzene rings is 8. The fraction of sp³-hybridized carbons (Fsp3) is 0. The number of rotatable bonds is 13. The SMILES string of the molecule is O=[N+]([O-])c1ccc(/C(=C\c2ccccc2C=Cc2ccc(-c3ccc(C=Cc4ccccc4/C=C(/c4ccccc4)c4ccc([N+](=O)[O-])cc4)cc3)cc2)c2ccccc2)cc1. The van der Waals surface area contributed by atoms with E-state index in [2.05, 4.69) is 109 Å². The van der Waals surface area contributed by atoms with Crippen molar-refractivity contribution < 1.29 is 9.85 Å². The molecule has 298 valence electrons. The van der Waals surface area contributed by atoms with Gasteiger partial charge in [-0.1, -0.05) is 182 Å². The molecule has 0 radical (unpaired) electrons. The summed E-state index contributed by atoms with van der Waals surface area (Å²) in [6, 6.07) is 66.9. The van der Waals surface area contributed by atoms with Crippen molar-refractivity contribution in [2.75, 3.05) is 0 Å². The third-order valence-electron chi connectivity index (χ3n) is 10.6. The lowest BCUT2D eigenvalue weighted by atomic mass is 9.94. The minimum absolute atomic E-state index is 0.0609. The second-order valence-corrected chi connectivity index (χ2v) is 14.6. The summed E-state index contributed by atoms with van der Waals surface area (Å²) in [4.78, 5) is 21.9.